The lowest BCUT2D eigenvalue weighted by Crippen LogP contribution is -2.09. The van der Waals surface area contributed by atoms with Gasteiger partial charge in [0.05, 0.1) is 17.4 Å². The first-order valence-electron chi connectivity index (χ1n) is 4.55. The average molecular weight is 243 g/mol. The van der Waals surface area contributed by atoms with Gasteiger partial charge in [0.25, 0.3) is 0 Å². The van der Waals surface area contributed by atoms with Crippen LogP contribution in [0.25, 0.3) is 5.69 Å². The minimum atomic E-state index is -4.40. The number of alkyl halides is 3. The number of nitrogen functional groups attached to an aromatic ring is 1. The number of aromatic nitrogens is 3. The molecule has 0 radical (unpaired) electrons. The molecule has 2 aromatic rings. The number of hydrazine groups is 1. The Bertz CT molecular complexity index is 519. The van der Waals surface area contributed by atoms with Crippen molar-refractivity contribution < 1.29 is 13.2 Å². The molecule has 5 nitrogen and oxygen atoms in total. The van der Waals surface area contributed by atoms with Crippen molar-refractivity contribution in [2.75, 3.05) is 5.43 Å². The van der Waals surface area contributed by atoms with E-state index in [1.165, 1.54) is 18.3 Å². The quantitative estimate of drug-likeness (QED) is 0.620. The highest BCUT2D eigenvalue weighted by molar-refractivity contribution is 5.43. The van der Waals surface area contributed by atoms with Crippen LogP contribution in [0.4, 0.5) is 19.0 Å². The lowest BCUT2D eigenvalue weighted by atomic mass is 10.3. The Kier molecular flexibility index (Phi) is 2.72. The summed E-state index contributed by atoms with van der Waals surface area (Å²) >= 11 is 0. The Balaban J connectivity index is 2.37. The van der Waals surface area contributed by atoms with Crippen LogP contribution in [0.2, 0.25) is 0 Å². The third-order valence-electron chi connectivity index (χ3n) is 2.07. The van der Waals surface area contributed by atoms with Crippen LogP contribution >= 0.6 is 0 Å². The highest BCUT2D eigenvalue weighted by atomic mass is 19.4. The van der Waals surface area contributed by atoms with E-state index in [4.69, 9.17) is 5.84 Å². The molecule has 0 spiro atoms. The fraction of sp³-hybridized carbons (Fsp3) is 0.111. The van der Waals surface area contributed by atoms with Gasteiger partial charge in [-0.1, -0.05) is 0 Å². The van der Waals surface area contributed by atoms with Gasteiger partial charge in [-0.05, 0) is 6.07 Å². The summed E-state index contributed by atoms with van der Waals surface area (Å²) in [6.45, 7) is 0. The number of nitrogens with one attached hydrogen (secondary N) is 1. The fourth-order valence-corrected chi connectivity index (χ4v) is 1.25. The number of hydrogen-bond acceptors (Lipinski definition) is 4. The van der Waals surface area contributed by atoms with Crippen LogP contribution in [0.1, 0.15) is 5.56 Å². The summed E-state index contributed by atoms with van der Waals surface area (Å²) in [6, 6.07) is 3.00. The van der Waals surface area contributed by atoms with Gasteiger partial charge in [0, 0.05) is 18.5 Å². The van der Waals surface area contributed by atoms with E-state index in [1.807, 2.05) is 0 Å². The summed E-state index contributed by atoms with van der Waals surface area (Å²) in [5, 5.41) is 3.63. The van der Waals surface area contributed by atoms with Crippen LogP contribution in [-0.4, -0.2) is 14.8 Å². The van der Waals surface area contributed by atoms with E-state index in [1.54, 1.807) is 0 Å². The molecule has 0 unspecified atom stereocenters. The van der Waals surface area contributed by atoms with Crippen LogP contribution in [0, 0.1) is 0 Å². The highest BCUT2D eigenvalue weighted by Crippen LogP contribution is 2.29. The second-order valence-electron chi connectivity index (χ2n) is 3.21. The maximum absolute atomic E-state index is 12.4. The van der Waals surface area contributed by atoms with Crippen molar-refractivity contribution >= 4 is 5.82 Å². The molecule has 0 fully saturated rings. The molecule has 17 heavy (non-hydrogen) atoms. The zero-order valence-corrected chi connectivity index (χ0v) is 8.44. The third kappa shape index (κ3) is 2.36. The van der Waals surface area contributed by atoms with Crippen LogP contribution in [-0.2, 0) is 6.18 Å². The Hall–Kier alpha value is -2.09. The van der Waals surface area contributed by atoms with Gasteiger partial charge in [0.2, 0.25) is 0 Å². The van der Waals surface area contributed by atoms with Crippen LogP contribution < -0.4 is 11.3 Å². The van der Waals surface area contributed by atoms with Crippen molar-refractivity contribution in [2.45, 2.75) is 6.18 Å². The topological polar surface area (TPSA) is 68.8 Å². The first-order chi connectivity index (χ1) is 8.00. The zero-order chi connectivity index (χ0) is 12.5. The molecule has 3 N–H and O–H groups in total. The molecule has 0 aromatic carbocycles. The molecular weight excluding hydrogens is 235 g/mol. The van der Waals surface area contributed by atoms with Gasteiger partial charge in [-0.3, -0.25) is 0 Å². The lowest BCUT2D eigenvalue weighted by Gasteiger charge is -2.04. The molecular formula is C9H8F3N5. The van der Waals surface area contributed by atoms with E-state index in [0.717, 1.165) is 17.1 Å². The van der Waals surface area contributed by atoms with Crippen LogP contribution in [0.15, 0.2) is 30.7 Å². The maximum Gasteiger partial charge on any atom is 0.419 e. The van der Waals surface area contributed by atoms with E-state index in [2.05, 4.69) is 15.5 Å². The van der Waals surface area contributed by atoms with Crippen molar-refractivity contribution in [2.24, 2.45) is 5.84 Å². The highest BCUT2D eigenvalue weighted by Gasteiger charge is 2.32. The van der Waals surface area contributed by atoms with Gasteiger partial charge in [-0.25, -0.2) is 15.5 Å². The van der Waals surface area contributed by atoms with E-state index >= 15 is 0 Å². The van der Waals surface area contributed by atoms with Gasteiger partial charge in [-0.2, -0.15) is 18.3 Å². The number of hydrogen-bond donors (Lipinski definition) is 2. The molecule has 2 rings (SSSR count). The average Bonchev–Trinajstić information content (AvgIpc) is 2.78. The summed E-state index contributed by atoms with van der Waals surface area (Å²) in [4.78, 5) is 3.84. The normalized spacial score (nSPS) is 11.5. The molecule has 2 heterocycles. The predicted octanol–water partition coefficient (Wildman–Crippen LogP) is 1.57. The SMILES string of the molecule is NNc1cc(-n2cc(C(F)(F)F)cn2)ccn1. The van der Waals surface area contributed by atoms with E-state index in [0.29, 0.717) is 11.5 Å². The second kappa shape index (κ2) is 4.06. The fourth-order valence-electron chi connectivity index (χ4n) is 1.25. The number of anilines is 1. The predicted molar refractivity (Wildman–Crippen MR) is 54.2 cm³/mol. The van der Waals surface area contributed by atoms with Gasteiger partial charge in [0.15, 0.2) is 0 Å². The van der Waals surface area contributed by atoms with Crippen molar-refractivity contribution in [1.29, 1.82) is 0 Å². The molecule has 8 heteroatoms. The summed E-state index contributed by atoms with van der Waals surface area (Å²) in [7, 11) is 0. The number of pyridine rings is 1. The molecule has 0 aliphatic carbocycles. The van der Waals surface area contributed by atoms with Crippen molar-refractivity contribution in [3.63, 3.8) is 0 Å². The second-order valence-corrected chi connectivity index (χ2v) is 3.21. The molecule has 0 bridgehead atoms. The van der Waals surface area contributed by atoms with E-state index < -0.39 is 11.7 Å². The van der Waals surface area contributed by atoms with Crippen molar-refractivity contribution in [3.05, 3.63) is 36.3 Å². The summed E-state index contributed by atoms with van der Waals surface area (Å²) < 4.78 is 38.2. The standard InChI is InChI=1S/C9H8F3N5/c10-9(11,12)6-4-15-17(5-6)7-1-2-14-8(3-7)16-13/h1-5H,13H2,(H,14,16). The monoisotopic (exact) mass is 243 g/mol. The number of nitrogens with zero attached hydrogens (tertiary/aromatic N) is 3. The molecule has 0 aliphatic heterocycles. The first-order valence-corrected chi connectivity index (χ1v) is 4.55. The maximum atomic E-state index is 12.4. The molecule has 0 saturated heterocycles. The van der Waals surface area contributed by atoms with Gasteiger partial charge in [0.1, 0.15) is 5.82 Å². The molecule has 0 atom stereocenters. The largest absolute Gasteiger partial charge is 0.419 e. The molecule has 0 amide bonds. The number of nitrogens with two attached hydrogens (primary N) is 1. The molecule has 90 valence electrons. The zero-order valence-electron chi connectivity index (χ0n) is 8.44. The van der Waals surface area contributed by atoms with E-state index in [9.17, 15) is 13.2 Å². The third-order valence-corrected chi connectivity index (χ3v) is 2.07. The Morgan fingerprint density at radius 3 is 2.71 bits per heavy atom. The Morgan fingerprint density at radius 1 is 1.35 bits per heavy atom. The van der Waals surface area contributed by atoms with Gasteiger partial charge < -0.3 is 5.43 Å². The van der Waals surface area contributed by atoms with Crippen LogP contribution in [0.3, 0.4) is 0 Å². The smallest absolute Gasteiger partial charge is 0.308 e. The molecule has 2 aromatic heterocycles. The molecule has 0 aliphatic rings. The van der Waals surface area contributed by atoms with E-state index in [-0.39, 0.29) is 0 Å². The molecule has 0 saturated carbocycles. The summed E-state index contributed by atoms with van der Waals surface area (Å²) in [5.41, 5.74) is 1.92. The van der Waals surface area contributed by atoms with Gasteiger partial charge in [-0.15, -0.1) is 0 Å². The van der Waals surface area contributed by atoms with Crippen molar-refractivity contribution in [1.82, 2.24) is 14.8 Å². The minimum absolute atomic E-state index is 0.339. The lowest BCUT2D eigenvalue weighted by molar-refractivity contribution is -0.137. The minimum Gasteiger partial charge on any atom is -0.308 e. The first kappa shape index (κ1) is 11.4. The Labute approximate surface area is 94.0 Å². The number of rotatable bonds is 2. The Morgan fingerprint density at radius 2 is 2.12 bits per heavy atom. The van der Waals surface area contributed by atoms with Crippen LogP contribution in [0.5, 0.6) is 0 Å². The van der Waals surface area contributed by atoms with Crippen molar-refractivity contribution in [3.8, 4) is 5.69 Å². The summed E-state index contributed by atoms with van der Waals surface area (Å²) in [5.74, 6) is 5.49. The summed E-state index contributed by atoms with van der Waals surface area (Å²) in [6.07, 6.45) is -1.33. The van der Waals surface area contributed by atoms with Gasteiger partial charge >= 0.3 is 6.18 Å². The number of halogens is 3.